The van der Waals surface area contributed by atoms with E-state index in [-0.39, 0.29) is 16.7 Å². The highest BCUT2D eigenvalue weighted by Gasteiger charge is 2.25. The molecule has 0 aliphatic carbocycles. The van der Waals surface area contributed by atoms with Crippen LogP contribution in [0.15, 0.2) is 4.90 Å². The van der Waals surface area contributed by atoms with Gasteiger partial charge in [-0.2, -0.15) is 0 Å². The van der Waals surface area contributed by atoms with Crippen LogP contribution in [0.1, 0.15) is 50.7 Å². The summed E-state index contributed by atoms with van der Waals surface area (Å²) in [6, 6.07) is 0. The zero-order valence-corrected chi connectivity index (χ0v) is 18.2. The van der Waals surface area contributed by atoms with E-state index in [0.717, 1.165) is 14.7 Å². The Kier molecular flexibility index (Phi) is 6.39. The van der Waals surface area contributed by atoms with E-state index in [2.05, 4.69) is 22.6 Å². The van der Waals surface area contributed by atoms with Gasteiger partial charge in [0.2, 0.25) is 0 Å². The fraction of sp³-hybridized carbons (Fsp3) is 0.500. The van der Waals surface area contributed by atoms with Gasteiger partial charge in [0.25, 0.3) is 0 Å². The topological polar surface area (TPSA) is 57.2 Å². The predicted octanol–water partition coefficient (Wildman–Crippen LogP) is 4.65. The number of hydrogen-bond donors (Lipinski definition) is 0. The van der Waals surface area contributed by atoms with Crippen molar-refractivity contribution in [2.24, 2.45) is 0 Å². The molecule has 3 nitrogen and oxygen atoms in total. The lowest BCUT2D eigenvalue weighted by Gasteiger charge is -2.24. The van der Waals surface area contributed by atoms with Gasteiger partial charge in [-0.25, -0.2) is 8.42 Å². The Labute approximate surface area is 155 Å². The molecule has 1 aromatic rings. The fourth-order valence-corrected chi connectivity index (χ4v) is 9.85. The van der Waals surface area contributed by atoms with E-state index in [1.807, 2.05) is 72.9 Å². The first-order valence-corrected chi connectivity index (χ1v) is 10.3. The smallest absolute Gasteiger partial charge is 0.126 e. The standard InChI is InChI=1S/C12H15I3O3S/c1-5(2)7-9(13)8(6(3)4)11(15)12(10(7)14)19(16,17)18/h5-6H,1-4H3,(H,16,17,18)/p-1. The van der Waals surface area contributed by atoms with Crippen molar-refractivity contribution >= 4 is 77.9 Å². The number of rotatable bonds is 3. The number of hydrogen-bond acceptors (Lipinski definition) is 3. The molecule has 0 bridgehead atoms. The van der Waals surface area contributed by atoms with Crippen molar-refractivity contribution < 1.29 is 13.0 Å². The van der Waals surface area contributed by atoms with Crippen molar-refractivity contribution in [1.82, 2.24) is 0 Å². The highest BCUT2D eigenvalue weighted by molar-refractivity contribution is 14.1. The number of benzene rings is 1. The maximum Gasteiger partial charge on any atom is 0.126 e. The van der Waals surface area contributed by atoms with Gasteiger partial charge in [-0.1, -0.05) is 27.7 Å². The first-order valence-electron chi connectivity index (χ1n) is 5.66. The molecule has 0 aromatic heterocycles. The van der Waals surface area contributed by atoms with E-state index in [1.165, 1.54) is 0 Å². The Balaban J connectivity index is 3.97. The van der Waals surface area contributed by atoms with Crippen LogP contribution in [0.25, 0.3) is 0 Å². The molecule has 0 spiro atoms. The van der Waals surface area contributed by atoms with Gasteiger partial charge < -0.3 is 4.55 Å². The molecule has 0 aliphatic rings. The molecule has 0 amide bonds. The lowest BCUT2D eigenvalue weighted by molar-refractivity contribution is 0.461. The predicted molar refractivity (Wildman–Crippen MR) is 101 cm³/mol. The molecule has 0 radical (unpaired) electrons. The molecule has 0 saturated carbocycles. The summed E-state index contributed by atoms with van der Waals surface area (Å²) in [5.41, 5.74) is 1.92. The van der Waals surface area contributed by atoms with Gasteiger partial charge in [-0.15, -0.1) is 0 Å². The molecule has 7 heteroatoms. The van der Waals surface area contributed by atoms with Gasteiger partial charge in [-0.05, 0) is 90.7 Å². The Bertz CT molecular complexity index is 572. The minimum atomic E-state index is -4.46. The second-order valence-corrected chi connectivity index (χ2v) is 9.41. The highest BCUT2D eigenvalue weighted by atomic mass is 127. The van der Waals surface area contributed by atoms with Gasteiger partial charge in [0.15, 0.2) is 0 Å². The van der Waals surface area contributed by atoms with Crippen LogP contribution in [-0.2, 0) is 10.1 Å². The average Bonchev–Trinajstić information content (AvgIpc) is 2.12. The summed E-state index contributed by atoms with van der Waals surface area (Å²) in [6.07, 6.45) is 0. The zero-order chi connectivity index (χ0) is 15.1. The quantitative estimate of drug-likeness (QED) is 0.366. The Morgan fingerprint density at radius 2 is 1.16 bits per heavy atom. The van der Waals surface area contributed by atoms with E-state index in [9.17, 15) is 13.0 Å². The molecule has 0 heterocycles. The maximum absolute atomic E-state index is 11.6. The summed E-state index contributed by atoms with van der Waals surface area (Å²) in [6.45, 7) is 8.05. The summed E-state index contributed by atoms with van der Waals surface area (Å²) in [4.78, 5) is -0.0542. The number of halogens is 3. The summed E-state index contributed by atoms with van der Waals surface area (Å²) >= 11 is 6.23. The summed E-state index contributed by atoms with van der Waals surface area (Å²) in [5.74, 6) is 0.350. The molecular formula is C12H14I3O3S-. The molecule has 0 saturated heterocycles. The van der Waals surface area contributed by atoms with E-state index in [0.29, 0.717) is 7.14 Å². The molecule has 1 aromatic carbocycles. The maximum atomic E-state index is 11.6. The van der Waals surface area contributed by atoms with E-state index < -0.39 is 10.1 Å². The normalized spacial score (nSPS) is 12.5. The van der Waals surface area contributed by atoms with Crippen molar-refractivity contribution in [3.63, 3.8) is 0 Å². The Hall–Kier alpha value is 1.32. The minimum absolute atomic E-state index is 0.0542. The van der Waals surface area contributed by atoms with Crippen LogP contribution in [0.3, 0.4) is 0 Å². The van der Waals surface area contributed by atoms with Crippen molar-refractivity contribution in [3.8, 4) is 0 Å². The first kappa shape index (κ1) is 18.4. The van der Waals surface area contributed by atoms with Gasteiger partial charge in [0.05, 0.1) is 4.90 Å². The van der Waals surface area contributed by atoms with Gasteiger partial charge in [0, 0.05) is 10.7 Å². The van der Waals surface area contributed by atoms with Crippen molar-refractivity contribution in [2.45, 2.75) is 44.4 Å². The first-order chi connectivity index (χ1) is 8.50. The SMILES string of the molecule is CC(C)c1c(I)c(C(C)C)c(I)c(S(=O)(=O)[O-])c1I. The summed E-state index contributed by atoms with van der Waals surface area (Å²) < 4.78 is 36.9. The summed E-state index contributed by atoms with van der Waals surface area (Å²) in [7, 11) is -4.46. The molecule has 0 atom stereocenters. The van der Waals surface area contributed by atoms with Crippen LogP contribution in [-0.4, -0.2) is 13.0 Å². The lowest BCUT2D eigenvalue weighted by Crippen LogP contribution is -2.14. The van der Waals surface area contributed by atoms with E-state index in [4.69, 9.17) is 0 Å². The van der Waals surface area contributed by atoms with Crippen molar-refractivity contribution in [3.05, 3.63) is 21.8 Å². The fourth-order valence-electron chi connectivity index (χ4n) is 1.91. The van der Waals surface area contributed by atoms with Crippen molar-refractivity contribution in [2.75, 3.05) is 0 Å². The molecule has 108 valence electrons. The lowest BCUT2D eigenvalue weighted by atomic mass is 9.96. The van der Waals surface area contributed by atoms with Gasteiger partial charge >= 0.3 is 0 Å². The third kappa shape index (κ3) is 3.75. The summed E-state index contributed by atoms with van der Waals surface area (Å²) in [5, 5.41) is 0. The van der Waals surface area contributed by atoms with Crippen LogP contribution in [0.4, 0.5) is 0 Å². The van der Waals surface area contributed by atoms with E-state index >= 15 is 0 Å². The van der Waals surface area contributed by atoms with Crippen LogP contribution in [0.5, 0.6) is 0 Å². The third-order valence-electron chi connectivity index (χ3n) is 2.75. The molecule has 0 aliphatic heterocycles. The monoisotopic (exact) mass is 619 g/mol. The Morgan fingerprint density at radius 1 is 0.842 bits per heavy atom. The molecule has 0 unspecified atom stereocenters. The average molecular weight is 619 g/mol. The molecular weight excluding hydrogens is 605 g/mol. The van der Waals surface area contributed by atoms with Crippen LogP contribution in [0.2, 0.25) is 0 Å². The van der Waals surface area contributed by atoms with E-state index in [1.54, 1.807) is 0 Å². The zero-order valence-electron chi connectivity index (χ0n) is 10.9. The van der Waals surface area contributed by atoms with Gasteiger partial charge in [-0.3, -0.25) is 0 Å². The Morgan fingerprint density at radius 3 is 1.37 bits per heavy atom. The van der Waals surface area contributed by atoms with Crippen LogP contribution < -0.4 is 0 Å². The minimum Gasteiger partial charge on any atom is -0.744 e. The highest BCUT2D eigenvalue weighted by Crippen LogP contribution is 2.40. The van der Waals surface area contributed by atoms with Gasteiger partial charge in [0.1, 0.15) is 10.1 Å². The molecule has 0 N–H and O–H groups in total. The van der Waals surface area contributed by atoms with Crippen LogP contribution >= 0.6 is 67.8 Å². The molecule has 0 fully saturated rings. The second-order valence-electron chi connectivity index (χ2n) is 4.86. The van der Waals surface area contributed by atoms with Crippen LogP contribution in [0, 0.1) is 10.7 Å². The second kappa shape index (κ2) is 6.61. The molecule has 1 rings (SSSR count). The largest absolute Gasteiger partial charge is 0.744 e. The van der Waals surface area contributed by atoms with Crippen molar-refractivity contribution in [1.29, 1.82) is 0 Å². The third-order valence-corrected chi connectivity index (χ3v) is 7.79. The molecule has 19 heavy (non-hydrogen) atoms.